The molecule has 0 bridgehead atoms. The number of nitrogens with zero attached hydrogens (tertiary/aromatic N) is 1. The zero-order valence-corrected chi connectivity index (χ0v) is 20.8. The normalized spacial score (nSPS) is 17.2. The number of aliphatic imine (C=N–C) groups is 1. The molecule has 0 radical (unpaired) electrons. The second-order valence-corrected chi connectivity index (χ2v) is 8.53. The molecule has 0 aromatic rings. The quantitative estimate of drug-likeness (QED) is 0.171. The maximum absolute atomic E-state index is 6.52. The van der Waals surface area contributed by atoms with Crippen molar-refractivity contribution in [2.45, 2.75) is 93.7 Å². The predicted octanol–water partition coefficient (Wildman–Crippen LogP) is 7.39. The minimum atomic E-state index is 0.0107. The summed E-state index contributed by atoms with van der Waals surface area (Å²) >= 11 is 0. The highest BCUT2D eigenvalue weighted by Gasteiger charge is 2.26. The summed E-state index contributed by atoms with van der Waals surface area (Å²) in [5, 5.41) is 0. The summed E-state index contributed by atoms with van der Waals surface area (Å²) in [5.74, 6) is 1.89. The molecule has 0 spiro atoms. The fourth-order valence-electron chi connectivity index (χ4n) is 3.47. The molecule has 0 aliphatic heterocycles. The first-order valence-corrected chi connectivity index (χ1v) is 11.4. The predicted molar refractivity (Wildman–Crippen MR) is 129 cm³/mol. The Balaban J connectivity index is 5.94. The molecule has 3 unspecified atom stereocenters. The number of allylic oxidation sites excluding steroid dienone is 2. The lowest BCUT2D eigenvalue weighted by Crippen LogP contribution is -2.30. The van der Waals surface area contributed by atoms with Crippen LogP contribution < -0.4 is 0 Å². The van der Waals surface area contributed by atoms with Crippen LogP contribution in [0.25, 0.3) is 0 Å². The van der Waals surface area contributed by atoms with Gasteiger partial charge in [-0.1, -0.05) is 65.7 Å². The zero-order valence-electron chi connectivity index (χ0n) is 20.8. The SMILES string of the molecule is C=CC(N=C(C)CC)C(COC(/C=C(\OC)C(C)C)C(C)C)/C(CC)=C(\C)CC. The number of hydrogen-bond donors (Lipinski definition) is 0. The summed E-state index contributed by atoms with van der Waals surface area (Å²) in [5.41, 5.74) is 4.05. The average Bonchev–Trinajstić information content (AvgIpc) is 2.70. The largest absolute Gasteiger partial charge is 0.501 e. The third-order valence-corrected chi connectivity index (χ3v) is 5.70. The summed E-state index contributed by atoms with van der Waals surface area (Å²) in [7, 11) is 1.74. The smallest absolute Gasteiger partial charge is 0.0966 e. The Bertz CT molecular complexity index is 569. The Morgan fingerprint density at radius 2 is 1.62 bits per heavy atom. The number of hydrogen-bond acceptors (Lipinski definition) is 3. The van der Waals surface area contributed by atoms with Crippen molar-refractivity contribution in [3.05, 3.63) is 35.6 Å². The molecule has 0 aromatic carbocycles. The van der Waals surface area contributed by atoms with Crippen molar-refractivity contribution in [1.82, 2.24) is 0 Å². The van der Waals surface area contributed by atoms with Crippen LogP contribution in [0.4, 0.5) is 0 Å². The van der Waals surface area contributed by atoms with Gasteiger partial charge in [0.05, 0.1) is 31.6 Å². The molecule has 0 saturated heterocycles. The van der Waals surface area contributed by atoms with Gasteiger partial charge in [-0.25, -0.2) is 0 Å². The van der Waals surface area contributed by atoms with Crippen LogP contribution in [0, 0.1) is 17.8 Å². The standard InChI is InChI=1S/C26H47NO2/c1-12-20(9)22(14-3)23(24(15-4)27-21(10)13-2)17-29-26(19(7)8)16-25(28-11)18(5)6/h15-16,18-19,23-24,26H,4,12-14,17H2,1-3,5-11H3/b22-20+,25-16-,27-21?. The maximum Gasteiger partial charge on any atom is 0.0966 e. The van der Waals surface area contributed by atoms with Gasteiger partial charge < -0.3 is 9.47 Å². The van der Waals surface area contributed by atoms with E-state index in [9.17, 15) is 0 Å². The fraction of sp³-hybridized carbons (Fsp3) is 0.731. The Morgan fingerprint density at radius 1 is 1.00 bits per heavy atom. The van der Waals surface area contributed by atoms with Gasteiger partial charge in [-0.3, -0.25) is 4.99 Å². The van der Waals surface area contributed by atoms with E-state index in [4.69, 9.17) is 14.5 Å². The lowest BCUT2D eigenvalue weighted by atomic mass is 9.86. The van der Waals surface area contributed by atoms with Crippen LogP contribution in [-0.2, 0) is 9.47 Å². The molecule has 0 N–H and O–H groups in total. The van der Waals surface area contributed by atoms with Crippen LogP contribution in [-0.4, -0.2) is 31.6 Å². The highest BCUT2D eigenvalue weighted by molar-refractivity contribution is 5.81. The first kappa shape index (κ1) is 27.6. The Morgan fingerprint density at radius 3 is 2.00 bits per heavy atom. The minimum Gasteiger partial charge on any atom is -0.501 e. The monoisotopic (exact) mass is 405 g/mol. The van der Waals surface area contributed by atoms with E-state index in [1.54, 1.807) is 7.11 Å². The molecule has 168 valence electrons. The first-order chi connectivity index (χ1) is 13.7. The molecule has 0 heterocycles. The van der Waals surface area contributed by atoms with E-state index in [1.807, 2.05) is 6.08 Å². The molecular formula is C26H47NO2. The Labute approximate surface area is 181 Å². The van der Waals surface area contributed by atoms with E-state index in [-0.39, 0.29) is 18.1 Å². The van der Waals surface area contributed by atoms with Crippen LogP contribution in [0.2, 0.25) is 0 Å². The summed E-state index contributed by atoms with van der Waals surface area (Å²) in [6, 6.07) is 0.0372. The molecule has 3 nitrogen and oxygen atoms in total. The lowest BCUT2D eigenvalue weighted by Gasteiger charge is -2.29. The molecule has 0 rings (SSSR count). The van der Waals surface area contributed by atoms with Crippen LogP contribution in [0.1, 0.15) is 81.6 Å². The Kier molecular flexibility index (Phi) is 13.9. The molecule has 0 amide bonds. The van der Waals surface area contributed by atoms with Gasteiger partial charge in [0.1, 0.15) is 0 Å². The van der Waals surface area contributed by atoms with E-state index in [0.29, 0.717) is 18.4 Å². The van der Waals surface area contributed by atoms with Crippen molar-refractivity contribution < 1.29 is 9.47 Å². The molecule has 29 heavy (non-hydrogen) atoms. The average molecular weight is 406 g/mol. The van der Waals surface area contributed by atoms with Crippen molar-refractivity contribution in [2.24, 2.45) is 22.7 Å². The fourth-order valence-corrected chi connectivity index (χ4v) is 3.47. The maximum atomic E-state index is 6.52. The zero-order chi connectivity index (χ0) is 22.6. The van der Waals surface area contributed by atoms with Gasteiger partial charge in [0.15, 0.2) is 0 Å². The number of methoxy groups -OCH3 is 1. The summed E-state index contributed by atoms with van der Waals surface area (Å²) in [6.45, 7) is 24.4. The molecule has 0 aliphatic rings. The summed E-state index contributed by atoms with van der Waals surface area (Å²) in [6.07, 6.45) is 7.17. The van der Waals surface area contributed by atoms with Crippen LogP contribution in [0.3, 0.4) is 0 Å². The van der Waals surface area contributed by atoms with Crippen LogP contribution >= 0.6 is 0 Å². The highest BCUT2D eigenvalue weighted by atomic mass is 16.5. The van der Waals surface area contributed by atoms with Crippen molar-refractivity contribution in [2.75, 3.05) is 13.7 Å². The van der Waals surface area contributed by atoms with E-state index in [2.05, 4.69) is 75.0 Å². The van der Waals surface area contributed by atoms with E-state index >= 15 is 0 Å². The van der Waals surface area contributed by atoms with Gasteiger partial charge in [0.2, 0.25) is 0 Å². The highest BCUT2D eigenvalue weighted by Crippen LogP contribution is 2.28. The summed E-state index contributed by atoms with van der Waals surface area (Å²) in [4.78, 5) is 4.97. The van der Waals surface area contributed by atoms with E-state index in [0.717, 1.165) is 30.7 Å². The van der Waals surface area contributed by atoms with Crippen molar-refractivity contribution in [3.63, 3.8) is 0 Å². The van der Waals surface area contributed by atoms with Crippen LogP contribution in [0.5, 0.6) is 0 Å². The van der Waals surface area contributed by atoms with Gasteiger partial charge in [0, 0.05) is 17.5 Å². The van der Waals surface area contributed by atoms with Gasteiger partial charge in [-0.2, -0.15) is 0 Å². The van der Waals surface area contributed by atoms with Crippen molar-refractivity contribution in [1.29, 1.82) is 0 Å². The number of rotatable bonds is 14. The molecule has 0 aromatic heterocycles. The molecule has 0 saturated carbocycles. The van der Waals surface area contributed by atoms with E-state index < -0.39 is 0 Å². The second kappa shape index (κ2) is 14.6. The van der Waals surface area contributed by atoms with E-state index in [1.165, 1.54) is 11.1 Å². The van der Waals surface area contributed by atoms with Crippen molar-refractivity contribution in [3.8, 4) is 0 Å². The van der Waals surface area contributed by atoms with Gasteiger partial charge in [0.25, 0.3) is 0 Å². The minimum absolute atomic E-state index is 0.0107. The molecule has 3 atom stereocenters. The lowest BCUT2D eigenvalue weighted by molar-refractivity contribution is 0.0321. The summed E-state index contributed by atoms with van der Waals surface area (Å²) < 4.78 is 12.1. The third kappa shape index (κ3) is 9.33. The van der Waals surface area contributed by atoms with Gasteiger partial charge >= 0.3 is 0 Å². The number of ether oxygens (including phenoxy) is 2. The topological polar surface area (TPSA) is 30.8 Å². The van der Waals surface area contributed by atoms with Gasteiger partial charge in [-0.15, -0.1) is 6.58 Å². The Hall–Kier alpha value is -1.35. The molecule has 0 fully saturated rings. The second-order valence-electron chi connectivity index (χ2n) is 8.53. The van der Waals surface area contributed by atoms with Crippen molar-refractivity contribution >= 4 is 5.71 Å². The molecule has 3 heteroatoms. The third-order valence-electron chi connectivity index (χ3n) is 5.70. The van der Waals surface area contributed by atoms with Gasteiger partial charge in [-0.05, 0) is 45.1 Å². The molecular weight excluding hydrogens is 358 g/mol. The molecule has 0 aliphatic carbocycles. The van der Waals surface area contributed by atoms with Crippen LogP contribution in [0.15, 0.2) is 40.6 Å². The first-order valence-electron chi connectivity index (χ1n) is 11.4.